The van der Waals surface area contributed by atoms with Crippen LogP contribution in [-0.2, 0) is 54.3 Å². The number of likely N-dealkylation sites (N-methyl/N-ethyl adjacent to an activating group) is 2. The largest absolute Gasteiger partial charge is 0.480 e. The Hall–Kier alpha value is -5.23. The topological polar surface area (TPSA) is 212 Å². The first-order valence-electron chi connectivity index (χ1n) is 24.1. The molecule has 1 aromatic carbocycles. The van der Waals surface area contributed by atoms with Crippen molar-refractivity contribution in [3.63, 3.8) is 0 Å². The molecule has 1 aliphatic carbocycles. The highest BCUT2D eigenvalue weighted by atomic mass is 19.1. The number of amides is 7. The van der Waals surface area contributed by atoms with Crippen LogP contribution in [-0.4, -0.2) is 155 Å². The lowest BCUT2D eigenvalue weighted by Crippen LogP contribution is -2.60. The number of benzene rings is 1. The van der Waals surface area contributed by atoms with Crippen molar-refractivity contribution in [2.24, 2.45) is 29.6 Å². The van der Waals surface area contributed by atoms with E-state index in [-0.39, 0.29) is 90.6 Å². The summed E-state index contributed by atoms with van der Waals surface area (Å²) in [4.78, 5) is 112. The molecule has 18 heteroatoms. The first-order chi connectivity index (χ1) is 32.1. The quantitative estimate of drug-likeness (QED) is 0.0849. The molecule has 1 saturated carbocycles. The zero-order valence-electron chi connectivity index (χ0n) is 41.7. The van der Waals surface area contributed by atoms with E-state index in [1.54, 1.807) is 36.9 Å². The molecular weight excluding hydrogens is 880 g/mol. The molecule has 1 saturated heterocycles. The van der Waals surface area contributed by atoms with Crippen molar-refractivity contribution in [3.8, 4) is 0 Å². The summed E-state index contributed by atoms with van der Waals surface area (Å²) in [6.45, 7) is 13.1. The number of carboxylic acid groups (broad SMARTS) is 1. The van der Waals surface area contributed by atoms with E-state index in [0.717, 1.165) is 11.3 Å². The number of unbranched alkanes of at least 4 members (excludes halogenated alkanes) is 2. The number of nitrogens with zero attached hydrogens (tertiary/aromatic N) is 4. The summed E-state index contributed by atoms with van der Waals surface area (Å²) in [5.74, 6) is -6.07. The molecule has 1 aromatic rings. The van der Waals surface area contributed by atoms with Crippen molar-refractivity contribution >= 4 is 47.3 Å². The van der Waals surface area contributed by atoms with Gasteiger partial charge in [0.25, 0.3) is 11.8 Å². The Kier molecular flexibility index (Phi) is 20.3. The van der Waals surface area contributed by atoms with Gasteiger partial charge in [-0.15, -0.1) is 0 Å². The van der Waals surface area contributed by atoms with Crippen LogP contribution in [0.4, 0.5) is 4.39 Å². The summed E-state index contributed by atoms with van der Waals surface area (Å²) in [5, 5.41) is 15.5. The number of nitrogens with one attached hydrogen (secondary N) is 2. The summed E-state index contributed by atoms with van der Waals surface area (Å²) in [7, 11) is 6.16. The molecule has 17 nitrogen and oxygen atoms in total. The maximum absolute atomic E-state index is 14.6. The number of likely N-dealkylation sites (tertiary alicyclic amines) is 1. The Labute approximate surface area is 400 Å². The van der Waals surface area contributed by atoms with Crippen LogP contribution in [0.1, 0.15) is 105 Å². The maximum Gasteiger partial charge on any atom is 0.326 e. The van der Waals surface area contributed by atoms with E-state index in [9.17, 15) is 47.9 Å². The van der Waals surface area contributed by atoms with Gasteiger partial charge in [0.05, 0.1) is 36.6 Å². The third-order valence-electron chi connectivity index (χ3n) is 14.2. The van der Waals surface area contributed by atoms with Crippen molar-refractivity contribution in [1.82, 2.24) is 30.2 Å². The average Bonchev–Trinajstić information content (AvgIpc) is 3.84. The number of ether oxygens (including phenoxy) is 2. The van der Waals surface area contributed by atoms with Gasteiger partial charge < -0.3 is 39.9 Å². The van der Waals surface area contributed by atoms with Crippen molar-refractivity contribution in [2.45, 2.75) is 155 Å². The summed E-state index contributed by atoms with van der Waals surface area (Å²) >= 11 is 0. The molecule has 11 atom stereocenters. The highest BCUT2D eigenvalue weighted by Crippen LogP contribution is 2.50. The monoisotopic (exact) mass is 955 g/mol. The molecule has 378 valence electrons. The fraction of sp³-hybridized carbons (Fsp3) is 0.680. The molecule has 0 aromatic heterocycles. The molecule has 68 heavy (non-hydrogen) atoms. The molecule has 2 aliphatic heterocycles. The van der Waals surface area contributed by atoms with Gasteiger partial charge in [0.2, 0.25) is 29.5 Å². The van der Waals surface area contributed by atoms with Crippen LogP contribution >= 0.6 is 0 Å². The predicted octanol–water partition coefficient (Wildman–Crippen LogP) is 3.97. The van der Waals surface area contributed by atoms with Crippen LogP contribution < -0.4 is 10.6 Å². The molecule has 0 bridgehead atoms. The minimum atomic E-state index is -1.40. The molecule has 4 rings (SSSR count). The van der Waals surface area contributed by atoms with E-state index in [0.29, 0.717) is 32.1 Å². The van der Waals surface area contributed by atoms with Gasteiger partial charge in [0.15, 0.2) is 0 Å². The fourth-order valence-corrected chi connectivity index (χ4v) is 10.00. The molecule has 2 fully saturated rings. The zero-order chi connectivity index (χ0) is 50.7. The second kappa shape index (κ2) is 24.9. The normalized spacial score (nSPS) is 21.1. The van der Waals surface area contributed by atoms with E-state index in [2.05, 4.69) is 10.6 Å². The van der Waals surface area contributed by atoms with Crippen molar-refractivity contribution in [2.75, 3.05) is 34.9 Å². The van der Waals surface area contributed by atoms with Gasteiger partial charge in [-0.2, -0.15) is 0 Å². The Bertz CT molecular complexity index is 2000. The minimum Gasteiger partial charge on any atom is -0.480 e. The maximum atomic E-state index is 14.6. The molecular formula is C50H75FN6O11. The number of rotatable bonds is 27. The van der Waals surface area contributed by atoms with Crippen molar-refractivity contribution in [1.29, 1.82) is 0 Å². The van der Waals surface area contributed by atoms with E-state index < -0.39 is 71.9 Å². The van der Waals surface area contributed by atoms with Crippen molar-refractivity contribution < 1.29 is 57.3 Å². The predicted molar refractivity (Wildman–Crippen MR) is 251 cm³/mol. The highest BCUT2D eigenvalue weighted by Gasteiger charge is 2.57. The van der Waals surface area contributed by atoms with Crippen LogP contribution in [0, 0.1) is 35.4 Å². The first-order valence-corrected chi connectivity index (χ1v) is 24.1. The number of carbonyl (C=O) groups is 8. The number of fused-ring (bicyclic) bond motifs is 1. The summed E-state index contributed by atoms with van der Waals surface area (Å²) in [6, 6.07) is 1.30. The van der Waals surface area contributed by atoms with Gasteiger partial charge in [-0.25, -0.2) is 9.18 Å². The van der Waals surface area contributed by atoms with E-state index >= 15 is 0 Å². The van der Waals surface area contributed by atoms with E-state index in [4.69, 9.17) is 9.47 Å². The number of methoxy groups -OCH3 is 2. The SMILES string of the molecule is CCC(C)[C@@H]([C@@H](CC(=O)N1C2C[C@H]2C[C@H]1C(OC)C(C)C(=O)N[C@@H](Cc1ccccc1F)C(=O)O)OC)N(C)C(=O)[C@@H](NC(=O)C(C(C)C)N(C)C(=O)CCCCCN1C(=O)C=CC1=O)C(C)C. The Morgan fingerprint density at radius 2 is 1.50 bits per heavy atom. The van der Waals surface area contributed by atoms with Crippen LogP contribution in [0.3, 0.4) is 0 Å². The first kappa shape index (κ1) is 55.4. The second-order valence-electron chi connectivity index (χ2n) is 19.6. The van der Waals surface area contributed by atoms with Crippen LogP contribution in [0.2, 0.25) is 0 Å². The lowest BCUT2D eigenvalue weighted by Gasteiger charge is -2.41. The number of carboxylic acids is 1. The molecule has 3 N–H and O–H groups in total. The van der Waals surface area contributed by atoms with E-state index in [1.165, 1.54) is 49.5 Å². The summed E-state index contributed by atoms with van der Waals surface area (Å²) in [6.07, 6.45) is 4.31. The van der Waals surface area contributed by atoms with Crippen LogP contribution in [0.15, 0.2) is 36.4 Å². The van der Waals surface area contributed by atoms with Gasteiger partial charge in [-0.05, 0) is 61.0 Å². The molecule has 2 heterocycles. The number of halogens is 1. The molecule has 7 amide bonds. The summed E-state index contributed by atoms with van der Waals surface area (Å²) in [5.41, 5.74) is 0.147. The molecule has 5 unspecified atom stereocenters. The van der Waals surface area contributed by atoms with Crippen LogP contribution in [0.5, 0.6) is 0 Å². The number of imide groups is 1. The van der Waals surface area contributed by atoms with Crippen molar-refractivity contribution in [3.05, 3.63) is 47.8 Å². The standard InChI is InChI=1S/C50H75FN6O11/c1-12-30(6)45(55(9)49(64)43(28(2)3)53-48(63)44(29(4)5)54(8)39(58)20-14-13-17-23-56-40(59)21-22-41(56)60)38(67-10)27-42(61)57-36-25-33(36)26-37(57)46(68-11)31(7)47(62)52-35(50(65)66)24-32-18-15-16-19-34(32)51/h15-16,18-19,21-22,28-31,33,35-38,43-46H,12-14,17,20,23-27H2,1-11H3,(H,52,62)(H,53,63)(H,65,66)/t30?,31?,33-,35-,36?,37-,38+,43-,44?,45-,46?/m0/s1. The van der Waals surface area contributed by atoms with Gasteiger partial charge in [0.1, 0.15) is 23.9 Å². The third kappa shape index (κ3) is 13.5. The Morgan fingerprint density at radius 3 is 2.06 bits per heavy atom. The average molecular weight is 955 g/mol. The third-order valence-corrected chi connectivity index (χ3v) is 14.2. The minimum absolute atomic E-state index is 0.0805. The smallest absolute Gasteiger partial charge is 0.326 e. The van der Waals surface area contributed by atoms with Gasteiger partial charge >= 0.3 is 5.97 Å². The molecule has 3 aliphatic rings. The lowest BCUT2D eigenvalue weighted by molar-refractivity contribution is -0.149. The highest BCUT2D eigenvalue weighted by molar-refractivity contribution is 6.12. The van der Waals surface area contributed by atoms with Crippen LogP contribution in [0.25, 0.3) is 0 Å². The number of carbonyl (C=O) groups excluding carboxylic acids is 7. The number of piperidine rings is 1. The Balaban J connectivity index is 1.44. The lowest BCUT2D eigenvalue weighted by atomic mass is 9.89. The summed E-state index contributed by atoms with van der Waals surface area (Å²) < 4.78 is 26.4. The number of hydrogen-bond donors (Lipinski definition) is 3. The molecule has 0 radical (unpaired) electrons. The fourth-order valence-electron chi connectivity index (χ4n) is 10.00. The zero-order valence-corrected chi connectivity index (χ0v) is 41.7. The van der Waals surface area contributed by atoms with Gasteiger partial charge in [0, 0.05) is 65.9 Å². The van der Waals surface area contributed by atoms with E-state index in [1.807, 2.05) is 41.5 Å². The number of hydrogen-bond acceptors (Lipinski definition) is 10. The number of aliphatic carboxylic acids is 1. The van der Waals surface area contributed by atoms with Gasteiger partial charge in [-0.3, -0.25) is 38.5 Å². The second-order valence-corrected chi connectivity index (χ2v) is 19.6. The van der Waals surface area contributed by atoms with Gasteiger partial charge in [-0.1, -0.05) is 79.5 Å². The Morgan fingerprint density at radius 1 is 0.853 bits per heavy atom. The molecule has 0 spiro atoms.